The Morgan fingerprint density at radius 1 is 1.08 bits per heavy atom. The molecule has 0 unspecified atom stereocenters. The number of aromatic nitrogens is 1. The summed E-state index contributed by atoms with van der Waals surface area (Å²) in [7, 11) is 1.94. The lowest BCUT2D eigenvalue weighted by Crippen LogP contribution is -2.03. The summed E-state index contributed by atoms with van der Waals surface area (Å²) >= 11 is 1.67. The Hall–Kier alpha value is -2.33. The molecule has 0 saturated carbocycles. The highest BCUT2D eigenvalue weighted by Gasteiger charge is 2.09. The van der Waals surface area contributed by atoms with Crippen LogP contribution in [-0.2, 0) is 6.61 Å². The monoisotopic (exact) mass is 338 g/mol. The first kappa shape index (κ1) is 16.5. The van der Waals surface area contributed by atoms with Gasteiger partial charge in [-0.2, -0.15) is 0 Å². The van der Waals surface area contributed by atoms with Crippen LogP contribution in [0.1, 0.15) is 22.4 Å². The van der Waals surface area contributed by atoms with Crippen molar-refractivity contribution in [1.82, 2.24) is 4.98 Å². The molecule has 4 heteroatoms. The van der Waals surface area contributed by atoms with E-state index in [1.54, 1.807) is 11.3 Å². The summed E-state index contributed by atoms with van der Waals surface area (Å²) in [6, 6.07) is 12.5. The molecule has 1 N–H and O–H groups in total. The number of thiazole rings is 1. The summed E-state index contributed by atoms with van der Waals surface area (Å²) in [5.41, 5.74) is 6.87. The third kappa shape index (κ3) is 3.44. The minimum Gasteiger partial charge on any atom is -0.489 e. The molecule has 0 amide bonds. The summed E-state index contributed by atoms with van der Waals surface area (Å²) in [5.74, 6) is 0.914. The van der Waals surface area contributed by atoms with Gasteiger partial charge in [0.1, 0.15) is 17.4 Å². The first-order valence-electron chi connectivity index (χ1n) is 8.00. The lowest BCUT2D eigenvalue weighted by atomic mass is 10.1. The number of aryl methyl sites for hydroxylation is 3. The Kier molecular flexibility index (Phi) is 4.86. The van der Waals surface area contributed by atoms with E-state index in [9.17, 15) is 0 Å². The van der Waals surface area contributed by atoms with Gasteiger partial charge in [-0.1, -0.05) is 12.1 Å². The Morgan fingerprint density at radius 3 is 2.58 bits per heavy atom. The van der Waals surface area contributed by atoms with Crippen molar-refractivity contribution >= 4 is 17.0 Å². The SMILES string of the molecule is CNc1cccc(C)c1COc1ccc(-c2nc(C)cs2)cc1C. The highest BCUT2D eigenvalue weighted by Crippen LogP contribution is 2.29. The largest absolute Gasteiger partial charge is 0.489 e. The number of hydrogen-bond acceptors (Lipinski definition) is 4. The first-order valence-corrected chi connectivity index (χ1v) is 8.88. The highest BCUT2D eigenvalue weighted by molar-refractivity contribution is 7.13. The van der Waals surface area contributed by atoms with Crippen LogP contribution in [0, 0.1) is 20.8 Å². The molecule has 24 heavy (non-hydrogen) atoms. The molecule has 0 spiro atoms. The maximum Gasteiger partial charge on any atom is 0.123 e. The van der Waals surface area contributed by atoms with Crippen molar-refractivity contribution < 1.29 is 4.74 Å². The molecule has 3 rings (SSSR count). The van der Waals surface area contributed by atoms with Gasteiger partial charge in [0.2, 0.25) is 0 Å². The number of rotatable bonds is 5. The van der Waals surface area contributed by atoms with E-state index in [1.165, 1.54) is 11.1 Å². The molecule has 3 nitrogen and oxygen atoms in total. The predicted octanol–water partition coefficient (Wildman–Crippen LogP) is 5.36. The zero-order chi connectivity index (χ0) is 17.1. The molecule has 2 aromatic carbocycles. The number of hydrogen-bond donors (Lipinski definition) is 1. The summed E-state index contributed by atoms with van der Waals surface area (Å²) < 4.78 is 6.09. The van der Waals surface area contributed by atoms with Gasteiger partial charge < -0.3 is 10.1 Å². The Bertz CT molecular complexity index is 855. The Morgan fingerprint density at radius 2 is 1.92 bits per heavy atom. The van der Waals surface area contributed by atoms with Gasteiger partial charge in [0.15, 0.2) is 0 Å². The van der Waals surface area contributed by atoms with Crippen LogP contribution in [0.4, 0.5) is 5.69 Å². The molecular formula is C20H22N2OS. The van der Waals surface area contributed by atoms with Crippen molar-refractivity contribution in [1.29, 1.82) is 0 Å². The van der Waals surface area contributed by atoms with Gasteiger partial charge in [-0.15, -0.1) is 11.3 Å². The standard InChI is InChI=1S/C20H22N2OS/c1-13-6-5-7-18(21-4)17(13)11-23-19-9-8-16(10-14(19)2)20-22-15(3)12-24-20/h5-10,12,21H,11H2,1-4H3. The van der Waals surface area contributed by atoms with Crippen molar-refractivity contribution in [2.24, 2.45) is 0 Å². The third-order valence-corrected chi connectivity index (χ3v) is 5.10. The van der Waals surface area contributed by atoms with E-state index < -0.39 is 0 Å². The molecule has 1 heterocycles. The maximum absolute atomic E-state index is 6.09. The van der Waals surface area contributed by atoms with Crippen molar-refractivity contribution in [3.63, 3.8) is 0 Å². The maximum atomic E-state index is 6.09. The van der Waals surface area contributed by atoms with Crippen LogP contribution in [0.3, 0.4) is 0 Å². The average Bonchev–Trinajstić information content (AvgIpc) is 3.01. The van der Waals surface area contributed by atoms with E-state index in [4.69, 9.17) is 4.74 Å². The summed E-state index contributed by atoms with van der Waals surface area (Å²) in [4.78, 5) is 4.55. The van der Waals surface area contributed by atoms with E-state index in [1.807, 2.05) is 20.0 Å². The van der Waals surface area contributed by atoms with Gasteiger partial charge in [-0.3, -0.25) is 0 Å². The van der Waals surface area contributed by atoms with Crippen LogP contribution in [-0.4, -0.2) is 12.0 Å². The zero-order valence-electron chi connectivity index (χ0n) is 14.5. The quantitative estimate of drug-likeness (QED) is 0.680. The summed E-state index contributed by atoms with van der Waals surface area (Å²) in [6.07, 6.45) is 0. The highest BCUT2D eigenvalue weighted by atomic mass is 32.1. The second-order valence-corrected chi connectivity index (χ2v) is 6.77. The van der Waals surface area contributed by atoms with Crippen LogP contribution in [0.2, 0.25) is 0 Å². The van der Waals surface area contributed by atoms with E-state index >= 15 is 0 Å². The number of ether oxygens (including phenoxy) is 1. The molecule has 3 aromatic rings. The van der Waals surface area contributed by atoms with Crippen LogP contribution >= 0.6 is 11.3 Å². The number of benzene rings is 2. The first-order chi connectivity index (χ1) is 11.6. The number of anilines is 1. The normalized spacial score (nSPS) is 10.7. The van der Waals surface area contributed by atoms with Crippen molar-refractivity contribution in [2.45, 2.75) is 27.4 Å². The molecule has 1 aromatic heterocycles. The minimum atomic E-state index is 0.555. The zero-order valence-corrected chi connectivity index (χ0v) is 15.3. The molecule has 0 radical (unpaired) electrons. The van der Waals surface area contributed by atoms with Crippen LogP contribution in [0.25, 0.3) is 10.6 Å². The van der Waals surface area contributed by atoms with Gasteiger partial charge >= 0.3 is 0 Å². The fraction of sp³-hybridized carbons (Fsp3) is 0.250. The molecule has 0 aliphatic heterocycles. The lowest BCUT2D eigenvalue weighted by Gasteiger charge is -2.15. The van der Waals surface area contributed by atoms with Gasteiger partial charge in [0, 0.05) is 34.9 Å². The van der Waals surface area contributed by atoms with E-state index in [-0.39, 0.29) is 0 Å². The van der Waals surface area contributed by atoms with Crippen LogP contribution in [0.15, 0.2) is 41.8 Å². The van der Waals surface area contributed by atoms with Gasteiger partial charge in [0.25, 0.3) is 0 Å². The third-order valence-electron chi connectivity index (χ3n) is 4.09. The Balaban J connectivity index is 1.79. The molecule has 0 aliphatic rings. The van der Waals surface area contributed by atoms with Gasteiger partial charge in [0.05, 0.1) is 0 Å². The average molecular weight is 338 g/mol. The molecule has 0 aliphatic carbocycles. The van der Waals surface area contributed by atoms with Crippen LogP contribution in [0.5, 0.6) is 5.75 Å². The summed E-state index contributed by atoms with van der Waals surface area (Å²) in [6.45, 7) is 6.77. The Labute approximate surface area is 147 Å². The lowest BCUT2D eigenvalue weighted by molar-refractivity contribution is 0.304. The molecule has 0 fully saturated rings. The van der Waals surface area contributed by atoms with E-state index in [2.05, 4.69) is 59.9 Å². The second kappa shape index (κ2) is 7.05. The molecule has 124 valence electrons. The molecule has 0 bridgehead atoms. The van der Waals surface area contributed by atoms with E-state index in [0.29, 0.717) is 6.61 Å². The van der Waals surface area contributed by atoms with Gasteiger partial charge in [-0.05, 0) is 56.2 Å². The molecular weight excluding hydrogens is 316 g/mol. The van der Waals surface area contributed by atoms with Crippen LogP contribution < -0.4 is 10.1 Å². The van der Waals surface area contributed by atoms with Crippen molar-refractivity contribution in [3.05, 3.63) is 64.2 Å². The van der Waals surface area contributed by atoms with Crippen molar-refractivity contribution in [3.8, 4) is 16.3 Å². The fourth-order valence-electron chi connectivity index (χ4n) is 2.71. The second-order valence-electron chi connectivity index (χ2n) is 5.91. The van der Waals surface area contributed by atoms with Gasteiger partial charge in [-0.25, -0.2) is 4.98 Å². The number of nitrogens with one attached hydrogen (secondary N) is 1. The minimum absolute atomic E-state index is 0.555. The molecule has 0 atom stereocenters. The van der Waals surface area contributed by atoms with E-state index in [0.717, 1.165) is 33.3 Å². The topological polar surface area (TPSA) is 34.1 Å². The number of nitrogens with zero attached hydrogens (tertiary/aromatic N) is 1. The summed E-state index contributed by atoms with van der Waals surface area (Å²) in [5, 5.41) is 6.36. The molecule has 0 saturated heterocycles. The fourth-order valence-corrected chi connectivity index (χ4v) is 3.50. The van der Waals surface area contributed by atoms with Crippen molar-refractivity contribution in [2.75, 3.05) is 12.4 Å². The smallest absolute Gasteiger partial charge is 0.123 e. The predicted molar refractivity (Wildman–Crippen MR) is 102 cm³/mol.